The van der Waals surface area contributed by atoms with Gasteiger partial charge in [0.15, 0.2) is 0 Å². The van der Waals surface area contributed by atoms with Gasteiger partial charge in [-0.05, 0) is 29.8 Å². The van der Waals surface area contributed by atoms with Crippen molar-refractivity contribution in [2.24, 2.45) is 11.8 Å². The Morgan fingerprint density at radius 1 is 1.38 bits per heavy atom. The second-order valence-electron chi connectivity index (χ2n) is 4.11. The average molecular weight is 239 g/mol. The Morgan fingerprint density at radius 3 is 2.56 bits per heavy atom. The van der Waals surface area contributed by atoms with Gasteiger partial charge in [-0.1, -0.05) is 26.8 Å². The topological polar surface area (TPSA) is 50.2 Å². The lowest BCUT2D eigenvalue weighted by Gasteiger charge is -2.20. The minimum Gasteiger partial charge on any atom is -0.392 e. The molecule has 0 radical (unpaired) electrons. The molecule has 0 aliphatic heterocycles. The predicted molar refractivity (Wildman–Crippen MR) is 65.1 cm³/mol. The number of carbonyl (C=O) groups excluding carboxylic acids is 1. The highest BCUT2D eigenvalue weighted by atomic mass is 32.2. The van der Waals surface area contributed by atoms with Crippen LogP contribution in [0.25, 0.3) is 0 Å². The summed E-state index contributed by atoms with van der Waals surface area (Å²) in [5.41, 5.74) is 0. The zero-order valence-corrected chi connectivity index (χ0v) is 10.6. The molecule has 0 aromatic carbocycles. The fourth-order valence-electron chi connectivity index (χ4n) is 1.32. The Kier molecular flexibility index (Phi) is 4.96. The van der Waals surface area contributed by atoms with Crippen LogP contribution in [0.1, 0.15) is 20.8 Å². The summed E-state index contributed by atoms with van der Waals surface area (Å²) in [6.45, 7) is 5.56. The third-order valence-electron chi connectivity index (χ3n) is 2.41. The lowest BCUT2D eigenvalue weighted by atomic mass is 9.96. The Balaban J connectivity index is 2.59. The van der Waals surface area contributed by atoms with E-state index in [1.807, 2.05) is 19.9 Å². The largest absolute Gasteiger partial charge is 0.392 e. The molecule has 3 nitrogen and oxygen atoms in total. The summed E-state index contributed by atoms with van der Waals surface area (Å²) < 4.78 is 0. The van der Waals surface area contributed by atoms with Crippen LogP contribution in [-0.4, -0.2) is 21.3 Å². The highest BCUT2D eigenvalue weighted by molar-refractivity contribution is 8.13. The molecule has 1 aromatic heterocycles. The number of aromatic nitrogens is 1. The fraction of sp³-hybridized carbons (Fsp3) is 0.500. The van der Waals surface area contributed by atoms with E-state index in [1.165, 1.54) is 0 Å². The maximum Gasteiger partial charge on any atom is 0.200 e. The molecular formula is C12H17NO2S. The smallest absolute Gasteiger partial charge is 0.200 e. The molecule has 0 fully saturated rings. The average Bonchev–Trinajstić information content (AvgIpc) is 2.28. The van der Waals surface area contributed by atoms with Crippen LogP contribution >= 0.6 is 11.8 Å². The van der Waals surface area contributed by atoms with E-state index in [0.29, 0.717) is 5.03 Å². The first-order chi connectivity index (χ1) is 7.52. The molecule has 1 heterocycles. The minimum absolute atomic E-state index is 0.0418. The van der Waals surface area contributed by atoms with Crippen LogP contribution in [0, 0.1) is 11.8 Å². The third-order valence-corrected chi connectivity index (χ3v) is 3.43. The van der Waals surface area contributed by atoms with E-state index < -0.39 is 6.10 Å². The van der Waals surface area contributed by atoms with Crippen LogP contribution in [0.15, 0.2) is 29.4 Å². The van der Waals surface area contributed by atoms with Gasteiger partial charge in [-0.2, -0.15) is 0 Å². The van der Waals surface area contributed by atoms with Crippen LogP contribution in [0.2, 0.25) is 0 Å². The second-order valence-corrected chi connectivity index (χ2v) is 5.14. The van der Waals surface area contributed by atoms with Crippen molar-refractivity contribution in [2.45, 2.75) is 31.9 Å². The quantitative estimate of drug-likeness (QED) is 0.819. The normalized spacial score (nSPS) is 14.8. The van der Waals surface area contributed by atoms with Crippen LogP contribution in [0.5, 0.6) is 0 Å². The van der Waals surface area contributed by atoms with Crippen molar-refractivity contribution in [3.05, 3.63) is 24.4 Å². The Bertz CT molecular complexity index is 340. The summed E-state index contributed by atoms with van der Waals surface area (Å²) in [5.74, 6) is -0.282. The zero-order valence-electron chi connectivity index (χ0n) is 9.75. The molecular weight excluding hydrogens is 222 g/mol. The van der Waals surface area contributed by atoms with Gasteiger partial charge in [0.2, 0.25) is 5.12 Å². The number of aliphatic hydroxyl groups is 1. The molecule has 0 amide bonds. The highest BCUT2D eigenvalue weighted by Crippen LogP contribution is 2.24. The number of carbonyl (C=O) groups is 1. The van der Waals surface area contributed by atoms with Crippen molar-refractivity contribution < 1.29 is 9.90 Å². The molecule has 4 heteroatoms. The van der Waals surface area contributed by atoms with E-state index in [1.54, 1.807) is 25.3 Å². The van der Waals surface area contributed by atoms with Gasteiger partial charge in [-0.3, -0.25) is 4.79 Å². The maximum atomic E-state index is 11.8. The van der Waals surface area contributed by atoms with Gasteiger partial charge in [0, 0.05) is 6.20 Å². The molecule has 16 heavy (non-hydrogen) atoms. The summed E-state index contributed by atoms with van der Waals surface area (Å²) in [5, 5.41) is 10.4. The number of aliphatic hydroxyl groups excluding tert-OH is 1. The van der Waals surface area contributed by atoms with E-state index in [0.717, 1.165) is 11.8 Å². The molecule has 1 N–H and O–H groups in total. The molecule has 1 rings (SSSR count). The lowest BCUT2D eigenvalue weighted by Crippen LogP contribution is -2.28. The molecule has 0 aliphatic rings. The fourth-order valence-corrected chi connectivity index (χ4v) is 2.11. The number of hydrogen-bond donors (Lipinski definition) is 1. The van der Waals surface area contributed by atoms with E-state index in [4.69, 9.17) is 0 Å². The van der Waals surface area contributed by atoms with Crippen molar-refractivity contribution >= 4 is 16.9 Å². The number of nitrogens with zero attached hydrogens (tertiary/aromatic N) is 1. The number of pyridine rings is 1. The second kappa shape index (κ2) is 6.01. The maximum absolute atomic E-state index is 11.8. The molecule has 0 saturated heterocycles. The summed E-state index contributed by atoms with van der Waals surface area (Å²) in [6.07, 6.45) is 1.06. The predicted octanol–water partition coefficient (Wildman–Crippen LogP) is 2.35. The van der Waals surface area contributed by atoms with Crippen LogP contribution in [0.3, 0.4) is 0 Å². The van der Waals surface area contributed by atoms with Gasteiger partial charge in [-0.15, -0.1) is 0 Å². The first-order valence-electron chi connectivity index (χ1n) is 5.33. The number of rotatable bonds is 4. The highest BCUT2D eigenvalue weighted by Gasteiger charge is 2.25. The van der Waals surface area contributed by atoms with Crippen molar-refractivity contribution in [2.75, 3.05) is 0 Å². The minimum atomic E-state index is -0.594. The van der Waals surface area contributed by atoms with E-state index in [2.05, 4.69) is 4.98 Å². The van der Waals surface area contributed by atoms with Crippen LogP contribution in [0.4, 0.5) is 0 Å². The molecule has 0 saturated carbocycles. The van der Waals surface area contributed by atoms with Gasteiger partial charge in [0.05, 0.1) is 12.0 Å². The Morgan fingerprint density at radius 2 is 2.06 bits per heavy atom. The van der Waals surface area contributed by atoms with Gasteiger partial charge >= 0.3 is 0 Å². The van der Waals surface area contributed by atoms with Gasteiger partial charge in [0.25, 0.3) is 0 Å². The summed E-state index contributed by atoms with van der Waals surface area (Å²) in [6, 6.07) is 5.43. The van der Waals surface area contributed by atoms with Gasteiger partial charge in [0.1, 0.15) is 5.03 Å². The molecule has 0 spiro atoms. The monoisotopic (exact) mass is 239 g/mol. The van der Waals surface area contributed by atoms with E-state index in [-0.39, 0.29) is 17.0 Å². The van der Waals surface area contributed by atoms with Crippen LogP contribution in [-0.2, 0) is 4.79 Å². The summed E-state index contributed by atoms with van der Waals surface area (Å²) in [7, 11) is 0. The Hall–Kier alpha value is -0.870. The molecule has 88 valence electrons. The van der Waals surface area contributed by atoms with E-state index in [9.17, 15) is 9.90 Å². The zero-order chi connectivity index (χ0) is 12.1. The van der Waals surface area contributed by atoms with Gasteiger partial charge in [-0.25, -0.2) is 4.98 Å². The van der Waals surface area contributed by atoms with Crippen molar-refractivity contribution in [3.8, 4) is 0 Å². The number of hydrogen-bond acceptors (Lipinski definition) is 4. The molecule has 0 aliphatic carbocycles. The van der Waals surface area contributed by atoms with E-state index >= 15 is 0 Å². The first-order valence-corrected chi connectivity index (χ1v) is 6.14. The standard InChI is InChI=1S/C12H17NO2S/c1-8(2)11(14)9(3)12(15)16-10-6-4-5-7-13-10/h4-9,11,14H,1-3H3/t9-,11-/m1/s1. The Labute approximate surface area is 100 Å². The lowest BCUT2D eigenvalue weighted by molar-refractivity contribution is -0.117. The van der Waals surface area contributed by atoms with Gasteiger partial charge < -0.3 is 5.11 Å². The van der Waals surface area contributed by atoms with Crippen LogP contribution < -0.4 is 0 Å². The SMILES string of the molecule is CC(C)[C@@H](O)[C@@H](C)C(=O)Sc1ccccn1. The van der Waals surface area contributed by atoms with Crippen molar-refractivity contribution in [1.29, 1.82) is 0 Å². The first kappa shape index (κ1) is 13.2. The summed E-state index contributed by atoms with van der Waals surface area (Å²) >= 11 is 1.09. The third kappa shape index (κ3) is 3.61. The van der Waals surface area contributed by atoms with Crippen molar-refractivity contribution in [1.82, 2.24) is 4.98 Å². The molecule has 2 atom stereocenters. The summed E-state index contributed by atoms with van der Waals surface area (Å²) in [4.78, 5) is 15.9. The number of thioether (sulfide) groups is 1. The molecule has 0 bridgehead atoms. The van der Waals surface area contributed by atoms with Crippen molar-refractivity contribution in [3.63, 3.8) is 0 Å². The molecule has 1 aromatic rings. The molecule has 0 unspecified atom stereocenters.